The minimum atomic E-state index is -0.0597. The zero-order chi connectivity index (χ0) is 10.7. The van der Waals surface area contributed by atoms with Crippen LogP contribution in [0.5, 0.6) is 0 Å². The smallest absolute Gasteiger partial charge is 0.192 e. The summed E-state index contributed by atoms with van der Waals surface area (Å²) in [6.07, 6.45) is 4.76. The molecule has 0 spiro atoms. The standard InChI is InChI=1S/C12H10O3/c13-6-1-2-9-3-4-12-10(8-9)11(14)5-7-15-12/h1-5,7-8,13H,6H2. The lowest BCUT2D eigenvalue weighted by atomic mass is 10.1. The summed E-state index contributed by atoms with van der Waals surface area (Å²) in [5, 5.41) is 9.18. The Morgan fingerprint density at radius 3 is 3.00 bits per heavy atom. The fraction of sp³-hybridized carbons (Fsp3) is 0.0833. The number of aliphatic hydroxyl groups is 1. The second-order valence-corrected chi connectivity index (χ2v) is 3.13. The minimum absolute atomic E-state index is 0.0125. The van der Waals surface area contributed by atoms with E-state index < -0.39 is 0 Å². The molecule has 1 aromatic heterocycles. The molecule has 1 heterocycles. The zero-order valence-corrected chi connectivity index (χ0v) is 8.01. The molecule has 0 saturated heterocycles. The van der Waals surface area contributed by atoms with Crippen LogP contribution in [0.25, 0.3) is 17.0 Å². The third-order valence-corrected chi connectivity index (χ3v) is 2.10. The van der Waals surface area contributed by atoms with Gasteiger partial charge in [-0.2, -0.15) is 0 Å². The highest BCUT2D eigenvalue weighted by Crippen LogP contribution is 2.13. The first kappa shape index (κ1) is 9.68. The SMILES string of the molecule is O=c1ccoc2ccc(C=CCO)cc12. The van der Waals surface area contributed by atoms with Gasteiger partial charge in [-0.15, -0.1) is 0 Å². The van der Waals surface area contributed by atoms with Gasteiger partial charge in [0.15, 0.2) is 5.43 Å². The number of benzene rings is 1. The van der Waals surface area contributed by atoms with E-state index in [1.54, 1.807) is 24.3 Å². The van der Waals surface area contributed by atoms with E-state index in [4.69, 9.17) is 9.52 Å². The van der Waals surface area contributed by atoms with Gasteiger partial charge in [0.05, 0.1) is 18.3 Å². The third kappa shape index (κ3) is 1.97. The largest absolute Gasteiger partial charge is 0.464 e. The number of aliphatic hydroxyl groups excluding tert-OH is 1. The molecular weight excluding hydrogens is 192 g/mol. The Hall–Kier alpha value is -1.87. The molecule has 1 N–H and O–H groups in total. The monoisotopic (exact) mass is 202 g/mol. The van der Waals surface area contributed by atoms with Crippen molar-refractivity contribution >= 4 is 17.0 Å². The molecule has 0 aliphatic carbocycles. The van der Waals surface area contributed by atoms with Crippen LogP contribution in [0.4, 0.5) is 0 Å². The lowest BCUT2D eigenvalue weighted by molar-refractivity contribution is 0.343. The Labute approximate surface area is 86.3 Å². The summed E-state index contributed by atoms with van der Waals surface area (Å²) in [7, 11) is 0. The van der Waals surface area contributed by atoms with E-state index in [-0.39, 0.29) is 12.0 Å². The molecule has 0 atom stereocenters. The van der Waals surface area contributed by atoms with Crippen LogP contribution < -0.4 is 5.43 Å². The van der Waals surface area contributed by atoms with E-state index >= 15 is 0 Å². The summed E-state index contributed by atoms with van der Waals surface area (Å²) in [6, 6.07) is 6.71. The summed E-state index contributed by atoms with van der Waals surface area (Å²) >= 11 is 0. The molecule has 0 aliphatic heterocycles. The van der Waals surface area contributed by atoms with Crippen molar-refractivity contribution in [1.82, 2.24) is 0 Å². The van der Waals surface area contributed by atoms with Crippen molar-refractivity contribution in [3.05, 3.63) is 52.4 Å². The molecule has 0 radical (unpaired) electrons. The maximum atomic E-state index is 11.5. The molecule has 3 nitrogen and oxygen atoms in total. The molecule has 0 fully saturated rings. The van der Waals surface area contributed by atoms with Crippen molar-refractivity contribution in [1.29, 1.82) is 0 Å². The first-order valence-electron chi connectivity index (χ1n) is 4.60. The Bertz CT molecular complexity index is 552. The molecule has 0 saturated carbocycles. The summed E-state index contributed by atoms with van der Waals surface area (Å²) in [5.41, 5.74) is 1.38. The van der Waals surface area contributed by atoms with Crippen LogP contribution in [-0.2, 0) is 0 Å². The van der Waals surface area contributed by atoms with Crippen molar-refractivity contribution in [3.8, 4) is 0 Å². The number of rotatable bonds is 2. The van der Waals surface area contributed by atoms with Crippen molar-refractivity contribution in [3.63, 3.8) is 0 Å². The first-order valence-corrected chi connectivity index (χ1v) is 4.60. The van der Waals surface area contributed by atoms with Crippen molar-refractivity contribution in [2.24, 2.45) is 0 Å². The van der Waals surface area contributed by atoms with Crippen LogP contribution in [0.1, 0.15) is 5.56 Å². The summed E-state index contributed by atoms with van der Waals surface area (Å²) < 4.78 is 5.18. The fourth-order valence-corrected chi connectivity index (χ4v) is 1.39. The van der Waals surface area contributed by atoms with Crippen molar-refractivity contribution in [2.75, 3.05) is 6.61 Å². The molecule has 1 aromatic carbocycles. The van der Waals surface area contributed by atoms with Gasteiger partial charge in [-0.3, -0.25) is 4.79 Å². The molecule has 2 rings (SSSR count). The molecule has 76 valence electrons. The molecule has 0 aliphatic rings. The fourth-order valence-electron chi connectivity index (χ4n) is 1.39. The van der Waals surface area contributed by atoms with E-state index in [1.807, 2.05) is 6.07 Å². The summed E-state index contributed by atoms with van der Waals surface area (Å²) in [5.74, 6) is 0. The topological polar surface area (TPSA) is 50.4 Å². The van der Waals surface area contributed by atoms with E-state index in [1.165, 1.54) is 12.3 Å². The van der Waals surface area contributed by atoms with Gasteiger partial charge in [0, 0.05) is 6.07 Å². The van der Waals surface area contributed by atoms with Gasteiger partial charge >= 0.3 is 0 Å². The van der Waals surface area contributed by atoms with Crippen LogP contribution >= 0.6 is 0 Å². The Morgan fingerprint density at radius 2 is 2.20 bits per heavy atom. The highest BCUT2D eigenvalue weighted by atomic mass is 16.3. The normalized spacial score (nSPS) is 11.3. The average Bonchev–Trinajstić information content (AvgIpc) is 2.27. The molecule has 0 amide bonds. The Morgan fingerprint density at radius 1 is 1.33 bits per heavy atom. The number of hydrogen-bond acceptors (Lipinski definition) is 3. The quantitative estimate of drug-likeness (QED) is 0.807. The van der Waals surface area contributed by atoms with E-state index in [0.717, 1.165) is 5.56 Å². The van der Waals surface area contributed by atoms with Crippen LogP contribution in [0.3, 0.4) is 0 Å². The zero-order valence-electron chi connectivity index (χ0n) is 8.01. The molecule has 2 aromatic rings. The van der Waals surface area contributed by atoms with Crippen LogP contribution in [0.15, 0.2) is 45.8 Å². The Balaban J connectivity index is 2.60. The average molecular weight is 202 g/mol. The molecule has 3 heteroatoms. The van der Waals surface area contributed by atoms with Crippen LogP contribution in [0.2, 0.25) is 0 Å². The predicted octanol–water partition coefficient (Wildman–Crippen LogP) is 1.80. The van der Waals surface area contributed by atoms with Gasteiger partial charge < -0.3 is 9.52 Å². The highest BCUT2D eigenvalue weighted by molar-refractivity contribution is 5.79. The lowest BCUT2D eigenvalue weighted by Gasteiger charge is -1.97. The first-order chi connectivity index (χ1) is 7.31. The van der Waals surface area contributed by atoms with Gasteiger partial charge in [0.2, 0.25) is 0 Å². The summed E-state index contributed by atoms with van der Waals surface area (Å²) in [6.45, 7) is -0.0125. The number of hydrogen-bond donors (Lipinski definition) is 1. The van der Waals surface area contributed by atoms with Crippen LogP contribution in [0, 0.1) is 0 Å². The summed E-state index contributed by atoms with van der Waals surface area (Å²) in [4.78, 5) is 11.5. The second kappa shape index (κ2) is 4.11. The molecule has 15 heavy (non-hydrogen) atoms. The maximum absolute atomic E-state index is 11.5. The van der Waals surface area contributed by atoms with E-state index in [9.17, 15) is 4.79 Å². The van der Waals surface area contributed by atoms with Crippen LogP contribution in [-0.4, -0.2) is 11.7 Å². The van der Waals surface area contributed by atoms with Crippen molar-refractivity contribution in [2.45, 2.75) is 0 Å². The van der Waals surface area contributed by atoms with Gasteiger partial charge in [0.25, 0.3) is 0 Å². The number of fused-ring (bicyclic) bond motifs is 1. The second-order valence-electron chi connectivity index (χ2n) is 3.13. The molecular formula is C12H10O3. The van der Waals surface area contributed by atoms with Crippen molar-refractivity contribution < 1.29 is 9.52 Å². The van der Waals surface area contributed by atoms with Gasteiger partial charge in [-0.1, -0.05) is 18.2 Å². The van der Waals surface area contributed by atoms with Gasteiger partial charge in [0.1, 0.15) is 5.58 Å². The maximum Gasteiger partial charge on any atom is 0.192 e. The van der Waals surface area contributed by atoms with E-state index in [2.05, 4.69) is 0 Å². The molecule has 0 bridgehead atoms. The van der Waals surface area contributed by atoms with Gasteiger partial charge in [-0.05, 0) is 17.7 Å². The predicted molar refractivity (Wildman–Crippen MR) is 58.6 cm³/mol. The van der Waals surface area contributed by atoms with E-state index in [0.29, 0.717) is 11.0 Å². The van der Waals surface area contributed by atoms with Gasteiger partial charge in [-0.25, -0.2) is 0 Å². The highest BCUT2D eigenvalue weighted by Gasteiger charge is 1.99. The Kier molecular flexibility index (Phi) is 2.65. The minimum Gasteiger partial charge on any atom is -0.464 e. The lowest BCUT2D eigenvalue weighted by Crippen LogP contribution is -1.97. The third-order valence-electron chi connectivity index (χ3n) is 2.10. The molecule has 0 unspecified atom stereocenters.